The summed E-state index contributed by atoms with van der Waals surface area (Å²) in [6.07, 6.45) is 1.38. The van der Waals surface area contributed by atoms with Crippen LogP contribution >= 0.6 is 11.6 Å². The first-order chi connectivity index (χ1) is 15.5. The van der Waals surface area contributed by atoms with E-state index in [1.54, 1.807) is 57.4 Å². The van der Waals surface area contributed by atoms with E-state index in [2.05, 4.69) is 5.32 Å². The Morgan fingerprint density at radius 1 is 1.15 bits per heavy atom. The van der Waals surface area contributed by atoms with Crippen molar-refractivity contribution in [2.24, 2.45) is 0 Å². The molecular weight excluding hydrogens is 466 g/mol. The number of nitrogens with one attached hydrogen (secondary N) is 1. The zero-order valence-electron chi connectivity index (χ0n) is 19.5. The van der Waals surface area contributed by atoms with E-state index in [1.165, 1.54) is 18.0 Å². The predicted octanol–water partition coefficient (Wildman–Crippen LogP) is 2.98. The second-order valence-electron chi connectivity index (χ2n) is 7.61. The molecule has 0 saturated heterocycles. The van der Waals surface area contributed by atoms with Crippen molar-refractivity contribution < 1.29 is 22.7 Å². The fourth-order valence-electron chi connectivity index (χ4n) is 3.36. The van der Waals surface area contributed by atoms with Gasteiger partial charge in [0.25, 0.3) is 0 Å². The van der Waals surface area contributed by atoms with Gasteiger partial charge in [0.15, 0.2) is 0 Å². The SMILES string of the molecule is CC[C@H](C(=O)NC)N(Cc1ccc(OC)cc1)C(=O)CN(c1ccc(C)c(Cl)c1)S(C)(=O)=O. The molecular formula is C23H30ClN3O5S. The minimum atomic E-state index is -3.81. The minimum absolute atomic E-state index is 0.126. The van der Waals surface area contributed by atoms with Crippen LogP contribution in [0.1, 0.15) is 24.5 Å². The van der Waals surface area contributed by atoms with Gasteiger partial charge in [0, 0.05) is 18.6 Å². The molecule has 0 aliphatic carbocycles. The van der Waals surface area contributed by atoms with E-state index in [1.807, 2.05) is 0 Å². The Kier molecular flexibility index (Phi) is 9.13. The molecule has 0 spiro atoms. The molecule has 10 heteroatoms. The van der Waals surface area contributed by atoms with Crippen molar-refractivity contribution in [2.75, 3.05) is 31.3 Å². The van der Waals surface area contributed by atoms with Gasteiger partial charge in [-0.2, -0.15) is 0 Å². The van der Waals surface area contributed by atoms with Crippen LogP contribution in [0, 0.1) is 6.92 Å². The molecule has 180 valence electrons. The van der Waals surface area contributed by atoms with Gasteiger partial charge in [0.05, 0.1) is 19.1 Å². The summed E-state index contributed by atoms with van der Waals surface area (Å²) in [5.41, 5.74) is 1.83. The van der Waals surface area contributed by atoms with Crippen LogP contribution in [0.25, 0.3) is 0 Å². The van der Waals surface area contributed by atoms with Crippen LogP contribution in [0.4, 0.5) is 5.69 Å². The first-order valence-electron chi connectivity index (χ1n) is 10.4. The number of amides is 2. The van der Waals surface area contributed by atoms with Crippen LogP contribution in [0.5, 0.6) is 5.75 Å². The summed E-state index contributed by atoms with van der Waals surface area (Å²) >= 11 is 6.19. The normalized spacial score (nSPS) is 12.1. The summed E-state index contributed by atoms with van der Waals surface area (Å²) in [7, 11) is -0.752. The van der Waals surface area contributed by atoms with E-state index in [0.717, 1.165) is 21.7 Å². The maximum Gasteiger partial charge on any atom is 0.244 e. The van der Waals surface area contributed by atoms with Gasteiger partial charge < -0.3 is 15.0 Å². The van der Waals surface area contributed by atoms with Crippen molar-refractivity contribution in [3.8, 4) is 5.75 Å². The fraction of sp³-hybridized carbons (Fsp3) is 0.391. The molecule has 0 unspecified atom stereocenters. The maximum atomic E-state index is 13.5. The molecule has 2 rings (SSSR count). The van der Waals surface area contributed by atoms with E-state index in [4.69, 9.17) is 16.3 Å². The zero-order valence-corrected chi connectivity index (χ0v) is 21.0. The van der Waals surface area contributed by atoms with Gasteiger partial charge in [-0.1, -0.05) is 36.7 Å². The molecule has 0 aliphatic rings. The Bertz CT molecular complexity index is 1090. The monoisotopic (exact) mass is 495 g/mol. The molecule has 0 aromatic heterocycles. The van der Waals surface area contributed by atoms with Crippen LogP contribution in [-0.2, 0) is 26.2 Å². The summed E-state index contributed by atoms with van der Waals surface area (Å²) in [5.74, 6) is -0.179. The lowest BCUT2D eigenvalue weighted by Crippen LogP contribution is -2.51. The van der Waals surface area contributed by atoms with Crippen molar-refractivity contribution in [3.63, 3.8) is 0 Å². The van der Waals surface area contributed by atoms with E-state index < -0.39 is 28.5 Å². The van der Waals surface area contributed by atoms with E-state index in [9.17, 15) is 18.0 Å². The number of methoxy groups -OCH3 is 1. The molecule has 0 saturated carbocycles. The Hall–Kier alpha value is -2.78. The number of aryl methyl sites for hydroxylation is 1. The zero-order chi connectivity index (χ0) is 24.8. The Labute approximate surface area is 200 Å². The van der Waals surface area contributed by atoms with Gasteiger partial charge >= 0.3 is 0 Å². The molecule has 8 nitrogen and oxygen atoms in total. The van der Waals surface area contributed by atoms with Crippen LogP contribution in [0.3, 0.4) is 0 Å². The fourth-order valence-corrected chi connectivity index (χ4v) is 4.38. The van der Waals surface area contributed by atoms with Gasteiger partial charge in [-0.25, -0.2) is 8.42 Å². The summed E-state index contributed by atoms with van der Waals surface area (Å²) in [5, 5.41) is 2.97. The van der Waals surface area contributed by atoms with Crippen molar-refractivity contribution in [1.29, 1.82) is 0 Å². The molecule has 33 heavy (non-hydrogen) atoms. The standard InChI is InChI=1S/C23H30ClN3O5S/c1-6-21(23(29)25-3)26(14-17-8-11-19(32-4)12-9-17)22(28)15-27(33(5,30)31)18-10-7-16(2)20(24)13-18/h7-13,21H,6,14-15H2,1-5H3,(H,25,29)/t21-/m1/s1. The lowest BCUT2D eigenvalue weighted by atomic mass is 10.1. The lowest BCUT2D eigenvalue weighted by Gasteiger charge is -2.32. The van der Waals surface area contributed by atoms with Gasteiger partial charge in [-0.3, -0.25) is 13.9 Å². The lowest BCUT2D eigenvalue weighted by molar-refractivity contribution is -0.140. The van der Waals surface area contributed by atoms with Crippen molar-refractivity contribution >= 4 is 39.1 Å². The first-order valence-corrected chi connectivity index (χ1v) is 12.6. The molecule has 1 N–H and O–H groups in total. The molecule has 2 amide bonds. The molecule has 0 heterocycles. The number of hydrogen-bond donors (Lipinski definition) is 1. The quantitative estimate of drug-likeness (QED) is 0.546. The van der Waals surface area contributed by atoms with Crippen LogP contribution in [0.2, 0.25) is 5.02 Å². The van der Waals surface area contributed by atoms with Gasteiger partial charge in [0.1, 0.15) is 18.3 Å². The van der Waals surface area contributed by atoms with E-state index in [-0.39, 0.29) is 18.1 Å². The van der Waals surface area contributed by atoms with E-state index in [0.29, 0.717) is 17.2 Å². The molecule has 2 aromatic carbocycles. The topological polar surface area (TPSA) is 96.0 Å². The average Bonchev–Trinajstić information content (AvgIpc) is 2.78. The number of likely N-dealkylation sites (N-methyl/N-ethyl adjacent to an activating group) is 1. The number of carbonyl (C=O) groups excluding carboxylic acids is 2. The predicted molar refractivity (Wildman–Crippen MR) is 130 cm³/mol. The third-order valence-corrected chi connectivity index (χ3v) is 6.81. The number of ether oxygens (including phenoxy) is 1. The number of carbonyl (C=O) groups is 2. The number of hydrogen-bond acceptors (Lipinski definition) is 5. The summed E-state index contributed by atoms with van der Waals surface area (Å²) in [6, 6.07) is 11.1. The third-order valence-electron chi connectivity index (χ3n) is 5.27. The first kappa shape index (κ1) is 26.5. The number of anilines is 1. The Balaban J connectivity index is 2.43. The van der Waals surface area contributed by atoms with Crippen LogP contribution in [-0.4, -0.2) is 58.1 Å². The van der Waals surface area contributed by atoms with Crippen molar-refractivity contribution in [3.05, 3.63) is 58.6 Å². The third kappa shape index (κ3) is 6.85. The summed E-state index contributed by atoms with van der Waals surface area (Å²) in [6.45, 7) is 3.25. The second kappa shape index (κ2) is 11.4. The molecule has 0 fully saturated rings. The minimum Gasteiger partial charge on any atom is -0.497 e. The van der Waals surface area contributed by atoms with Gasteiger partial charge in [0.2, 0.25) is 21.8 Å². The largest absolute Gasteiger partial charge is 0.497 e. The van der Waals surface area contributed by atoms with Crippen LogP contribution < -0.4 is 14.4 Å². The smallest absolute Gasteiger partial charge is 0.244 e. The highest BCUT2D eigenvalue weighted by Crippen LogP contribution is 2.25. The van der Waals surface area contributed by atoms with Gasteiger partial charge in [-0.15, -0.1) is 0 Å². The average molecular weight is 496 g/mol. The van der Waals surface area contributed by atoms with Crippen molar-refractivity contribution in [1.82, 2.24) is 10.2 Å². The van der Waals surface area contributed by atoms with Crippen LogP contribution in [0.15, 0.2) is 42.5 Å². The number of nitrogens with zero attached hydrogens (tertiary/aromatic N) is 2. The Morgan fingerprint density at radius 3 is 2.27 bits per heavy atom. The number of benzene rings is 2. The number of halogens is 1. The second-order valence-corrected chi connectivity index (χ2v) is 9.93. The van der Waals surface area contributed by atoms with E-state index >= 15 is 0 Å². The number of rotatable bonds is 10. The Morgan fingerprint density at radius 2 is 1.79 bits per heavy atom. The van der Waals surface area contributed by atoms with Crippen molar-refractivity contribution in [2.45, 2.75) is 32.9 Å². The highest BCUT2D eigenvalue weighted by atomic mass is 35.5. The summed E-state index contributed by atoms with van der Waals surface area (Å²) in [4.78, 5) is 27.4. The summed E-state index contributed by atoms with van der Waals surface area (Å²) < 4.78 is 31.3. The molecule has 0 radical (unpaired) electrons. The molecule has 2 aromatic rings. The molecule has 0 bridgehead atoms. The highest BCUT2D eigenvalue weighted by Gasteiger charge is 2.31. The molecule has 1 atom stereocenters. The number of sulfonamides is 1. The van der Waals surface area contributed by atoms with Gasteiger partial charge in [-0.05, 0) is 48.7 Å². The maximum absolute atomic E-state index is 13.5. The highest BCUT2D eigenvalue weighted by molar-refractivity contribution is 7.92. The molecule has 0 aliphatic heterocycles.